The number of nitrogens with two attached hydrogens (primary N) is 1. The van der Waals surface area contributed by atoms with Crippen LogP contribution in [0.4, 0.5) is 11.5 Å². The summed E-state index contributed by atoms with van der Waals surface area (Å²) in [6.45, 7) is 4.72. The summed E-state index contributed by atoms with van der Waals surface area (Å²) in [6, 6.07) is 1.78. The number of aryl methyl sites for hydroxylation is 1. The van der Waals surface area contributed by atoms with Gasteiger partial charge in [0.25, 0.3) is 0 Å². The van der Waals surface area contributed by atoms with Crippen molar-refractivity contribution in [1.82, 2.24) is 9.88 Å². The van der Waals surface area contributed by atoms with Gasteiger partial charge in [-0.25, -0.2) is 4.98 Å². The van der Waals surface area contributed by atoms with E-state index in [4.69, 9.17) is 5.73 Å². The summed E-state index contributed by atoms with van der Waals surface area (Å²) in [7, 11) is 3.85. The summed E-state index contributed by atoms with van der Waals surface area (Å²) in [6.07, 6.45) is 1.72. The third-order valence-electron chi connectivity index (χ3n) is 2.45. The Hall–Kier alpha value is -1.33. The van der Waals surface area contributed by atoms with Gasteiger partial charge in [-0.15, -0.1) is 0 Å². The molecule has 0 bridgehead atoms. The fourth-order valence-electron chi connectivity index (χ4n) is 1.65. The molecule has 0 radical (unpaired) electrons. The molecule has 5 heteroatoms. The number of pyridine rings is 1. The zero-order valence-electron chi connectivity index (χ0n) is 11.0. The van der Waals surface area contributed by atoms with E-state index in [0.29, 0.717) is 24.6 Å². The predicted octanol–water partition coefficient (Wildman–Crippen LogP) is 0.697. The van der Waals surface area contributed by atoms with Crippen molar-refractivity contribution in [2.75, 3.05) is 38.2 Å². The van der Waals surface area contributed by atoms with Crippen LogP contribution in [0, 0.1) is 6.92 Å². The van der Waals surface area contributed by atoms with Gasteiger partial charge in [-0.2, -0.15) is 0 Å². The summed E-state index contributed by atoms with van der Waals surface area (Å²) in [4.78, 5) is 6.15. The number of nitrogens with zero attached hydrogens (tertiary/aromatic N) is 2. The summed E-state index contributed by atoms with van der Waals surface area (Å²) < 4.78 is 0. The smallest absolute Gasteiger partial charge is 0.128 e. The topological polar surface area (TPSA) is 74.4 Å². The van der Waals surface area contributed by atoms with E-state index in [1.54, 1.807) is 19.2 Å². The minimum Gasteiger partial charge on any atom is -0.398 e. The maximum Gasteiger partial charge on any atom is 0.128 e. The van der Waals surface area contributed by atoms with E-state index in [2.05, 4.69) is 10.3 Å². The SMILES string of the molecule is Cc1cnc(NCC(C)(O)CN(C)C)cc1N. The second kappa shape index (κ2) is 5.33. The lowest BCUT2D eigenvalue weighted by atomic mass is 10.1. The molecule has 1 aromatic heterocycles. The number of hydrogen-bond acceptors (Lipinski definition) is 5. The van der Waals surface area contributed by atoms with Crippen molar-refractivity contribution in [2.24, 2.45) is 0 Å². The predicted molar refractivity (Wildman–Crippen MR) is 71.1 cm³/mol. The Balaban J connectivity index is 2.58. The number of aliphatic hydroxyl groups is 1. The minimum absolute atomic E-state index is 0.431. The molecule has 1 heterocycles. The van der Waals surface area contributed by atoms with Gasteiger partial charge < -0.3 is 21.1 Å². The van der Waals surface area contributed by atoms with E-state index >= 15 is 0 Å². The van der Waals surface area contributed by atoms with E-state index < -0.39 is 5.60 Å². The molecule has 0 aliphatic carbocycles. The molecule has 0 aliphatic heterocycles. The van der Waals surface area contributed by atoms with E-state index in [1.165, 1.54) is 0 Å². The molecule has 17 heavy (non-hydrogen) atoms. The molecule has 1 atom stereocenters. The first-order chi connectivity index (χ1) is 7.80. The highest BCUT2D eigenvalue weighted by molar-refractivity contribution is 5.53. The van der Waals surface area contributed by atoms with Gasteiger partial charge in [0.2, 0.25) is 0 Å². The van der Waals surface area contributed by atoms with Crippen molar-refractivity contribution in [3.05, 3.63) is 17.8 Å². The maximum absolute atomic E-state index is 10.1. The van der Waals surface area contributed by atoms with Crippen LogP contribution in [0.3, 0.4) is 0 Å². The molecule has 1 unspecified atom stereocenters. The highest BCUT2D eigenvalue weighted by atomic mass is 16.3. The van der Waals surface area contributed by atoms with Crippen LogP contribution in [0.2, 0.25) is 0 Å². The van der Waals surface area contributed by atoms with Crippen molar-refractivity contribution in [3.8, 4) is 0 Å². The highest BCUT2D eigenvalue weighted by Gasteiger charge is 2.21. The molecule has 0 saturated heterocycles. The molecule has 5 nitrogen and oxygen atoms in total. The molecule has 0 saturated carbocycles. The van der Waals surface area contributed by atoms with Crippen LogP contribution in [0.5, 0.6) is 0 Å². The van der Waals surface area contributed by atoms with Crippen LogP contribution in [-0.4, -0.2) is 47.8 Å². The first-order valence-electron chi connectivity index (χ1n) is 5.63. The summed E-state index contributed by atoms with van der Waals surface area (Å²) in [5.74, 6) is 0.687. The Kier molecular flexibility index (Phi) is 4.31. The van der Waals surface area contributed by atoms with E-state index in [1.807, 2.05) is 25.9 Å². The average Bonchev–Trinajstić information content (AvgIpc) is 2.18. The Morgan fingerprint density at radius 1 is 1.53 bits per heavy atom. The first-order valence-corrected chi connectivity index (χ1v) is 5.63. The fraction of sp³-hybridized carbons (Fsp3) is 0.583. The van der Waals surface area contributed by atoms with Crippen molar-refractivity contribution in [3.63, 3.8) is 0 Å². The third kappa shape index (κ3) is 4.58. The summed E-state index contributed by atoms with van der Waals surface area (Å²) in [5, 5.41) is 13.2. The number of likely N-dealkylation sites (N-methyl/N-ethyl adjacent to an activating group) is 1. The van der Waals surface area contributed by atoms with Crippen LogP contribution < -0.4 is 11.1 Å². The Labute approximate surface area is 103 Å². The zero-order valence-corrected chi connectivity index (χ0v) is 11.0. The normalized spacial score (nSPS) is 14.7. The Morgan fingerprint density at radius 3 is 2.71 bits per heavy atom. The molecule has 0 fully saturated rings. The van der Waals surface area contributed by atoms with Crippen LogP contribution in [0.1, 0.15) is 12.5 Å². The van der Waals surface area contributed by atoms with E-state index in [-0.39, 0.29) is 0 Å². The largest absolute Gasteiger partial charge is 0.398 e. The van der Waals surface area contributed by atoms with Gasteiger partial charge in [-0.05, 0) is 33.5 Å². The molecule has 0 aromatic carbocycles. The monoisotopic (exact) mass is 238 g/mol. The third-order valence-corrected chi connectivity index (χ3v) is 2.45. The molecule has 1 rings (SSSR count). The lowest BCUT2D eigenvalue weighted by molar-refractivity contribution is 0.0459. The van der Waals surface area contributed by atoms with Gasteiger partial charge in [0.05, 0.1) is 5.60 Å². The van der Waals surface area contributed by atoms with Crippen LogP contribution in [0.25, 0.3) is 0 Å². The lowest BCUT2D eigenvalue weighted by Crippen LogP contribution is -2.43. The minimum atomic E-state index is -0.801. The molecule has 0 spiro atoms. The van der Waals surface area contributed by atoms with Gasteiger partial charge in [0.1, 0.15) is 5.82 Å². The van der Waals surface area contributed by atoms with Crippen molar-refractivity contribution < 1.29 is 5.11 Å². The first kappa shape index (κ1) is 13.7. The Morgan fingerprint density at radius 2 is 2.18 bits per heavy atom. The van der Waals surface area contributed by atoms with Crippen molar-refractivity contribution >= 4 is 11.5 Å². The fourth-order valence-corrected chi connectivity index (χ4v) is 1.65. The molecular weight excluding hydrogens is 216 g/mol. The highest BCUT2D eigenvalue weighted by Crippen LogP contribution is 2.14. The molecule has 96 valence electrons. The maximum atomic E-state index is 10.1. The molecule has 0 amide bonds. The van der Waals surface area contributed by atoms with Crippen LogP contribution >= 0.6 is 0 Å². The van der Waals surface area contributed by atoms with Gasteiger partial charge in [0.15, 0.2) is 0 Å². The number of hydrogen-bond donors (Lipinski definition) is 3. The standard InChI is InChI=1S/C12H22N4O/c1-9-6-14-11(5-10(9)13)15-7-12(2,17)8-16(3)4/h5-6,17H,7-8H2,1-4H3,(H3,13,14,15). The summed E-state index contributed by atoms with van der Waals surface area (Å²) in [5.41, 5.74) is 6.65. The van der Waals surface area contributed by atoms with E-state index in [9.17, 15) is 5.11 Å². The molecular formula is C12H22N4O. The van der Waals surface area contributed by atoms with Gasteiger partial charge in [0, 0.05) is 31.0 Å². The number of nitrogens with one attached hydrogen (secondary N) is 1. The van der Waals surface area contributed by atoms with Gasteiger partial charge in [-0.3, -0.25) is 0 Å². The molecule has 4 N–H and O–H groups in total. The summed E-state index contributed by atoms with van der Waals surface area (Å²) >= 11 is 0. The quantitative estimate of drug-likeness (QED) is 0.704. The van der Waals surface area contributed by atoms with Gasteiger partial charge >= 0.3 is 0 Å². The average molecular weight is 238 g/mol. The Bertz CT molecular complexity index is 377. The second-order valence-electron chi connectivity index (χ2n) is 5.01. The van der Waals surface area contributed by atoms with E-state index in [0.717, 1.165) is 5.56 Å². The number of aromatic nitrogens is 1. The number of anilines is 2. The number of rotatable bonds is 5. The molecule has 1 aromatic rings. The van der Waals surface area contributed by atoms with Crippen molar-refractivity contribution in [2.45, 2.75) is 19.4 Å². The second-order valence-corrected chi connectivity index (χ2v) is 5.01. The zero-order chi connectivity index (χ0) is 13.1. The van der Waals surface area contributed by atoms with Crippen molar-refractivity contribution in [1.29, 1.82) is 0 Å². The lowest BCUT2D eigenvalue weighted by Gasteiger charge is -2.27. The van der Waals surface area contributed by atoms with Crippen LogP contribution in [-0.2, 0) is 0 Å². The van der Waals surface area contributed by atoms with Gasteiger partial charge in [-0.1, -0.05) is 0 Å². The number of nitrogen functional groups attached to an aromatic ring is 1. The van der Waals surface area contributed by atoms with Crippen LogP contribution in [0.15, 0.2) is 12.3 Å². The molecule has 0 aliphatic rings.